The summed E-state index contributed by atoms with van der Waals surface area (Å²) < 4.78 is 0. The highest BCUT2D eigenvalue weighted by Crippen LogP contribution is 2.24. The Morgan fingerprint density at radius 1 is 1.21 bits per heavy atom. The van der Waals surface area contributed by atoms with Crippen molar-refractivity contribution in [2.45, 2.75) is 19.8 Å². The standard InChI is InChI=1S/C14H19Cl2N3/c1-2-7-19-8-5-11(6-9-19)17-18-12-3-4-13(15)14(16)10-12/h3-5,10,17-18H,2,6-9H2,1H3. The number of benzene rings is 1. The van der Waals surface area contributed by atoms with Crippen molar-refractivity contribution in [3.63, 3.8) is 0 Å². The Balaban J connectivity index is 1.84. The van der Waals surface area contributed by atoms with Gasteiger partial charge in [0.1, 0.15) is 0 Å². The summed E-state index contributed by atoms with van der Waals surface area (Å²) in [6.45, 7) is 5.50. The fourth-order valence-corrected chi connectivity index (χ4v) is 2.37. The Bertz CT molecular complexity index is 460. The molecule has 1 aromatic carbocycles. The van der Waals surface area contributed by atoms with Crippen LogP contribution in [-0.2, 0) is 0 Å². The Morgan fingerprint density at radius 3 is 2.68 bits per heavy atom. The summed E-state index contributed by atoms with van der Waals surface area (Å²) in [5.74, 6) is 0. The summed E-state index contributed by atoms with van der Waals surface area (Å²) in [7, 11) is 0. The number of anilines is 1. The molecule has 1 heterocycles. The van der Waals surface area contributed by atoms with Crippen LogP contribution in [0, 0.1) is 0 Å². The molecule has 0 amide bonds. The Hall–Kier alpha value is -0.900. The second-order valence-electron chi connectivity index (χ2n) is 4.66. The van der Waals surface area contributed by atoms with Gasteiger partial charge in [-0.3, -0.25) is 4.90 Å². The van der Waals surface area contributed by atoms with Gasteiger partial charge in [0.2, 0.25) is 0 Å². The van der Waals surface area contributed by atoms with E-state index in [1.54, 1.807) is 6.07 Å². The molecular weight excluding hydrogens is 281 g/mol. The number of rotatable bonds is 5. The van der Waals surface area contributed by atoms with Crippen LogP contribution in [0.4, 0.5) is 5.69 Å². The molecule has 0 saturated carbocycles. The molecule has 19 heavy (non-hydrogen) atoms. The Morgan fingerprint density at radius 2 is 2.05 bits per heavy atom. The van der Waals surface area contributed by atoms with Crippen molar-refractivity contribution < 1.29 is 0 Å². The van der Waals surface area contributed by atoms with Crippen LogP contribution in [0.25, 0.3) is 0 Å². The summed E-state index contributed by atoms with van der Waals surface area (Å²) in [5.41, 5.74) is 8.51. The smallest absolute Gasteiger partial charge is 0.0613 e. The third kappa shape index (κ3) is 4.30. The summed E-state index contributed by atoms with van der Waals surface area (Å²) in [6.07, 6.45) is 4.47. The highest BCUT2D eigenvalue weighted by molar-refractivity contribution is 6.42. The van der Waals surface area contributed by atoms with E-state index in [9.17, 15) is 0 Å². The van der Waals surface area contributed by atoms with Crippen LogP contribution in [0.1, 0.15) is 19.8 Å². The molecule has 1 aliphatic heterocycles. The van der Waals surface area contributed by atoms with E-state index in [0.717, 1.165) is 25.2 Å². The van der Waals surface area contributed by atoms with Crippen LogP contribution < -0.4 is 10.9 Å². The average Bonchev–Trinajstić information content (AvgIpc) is 2.42. The van der Waals surface area contributed by atoms with Crippen molar-refractivity contribution >= 4 is 28.9 Å². The first-order valence-corrected chi connectivity index (χ1v) is 7.33. The van der Waals surface area contributed by atoms with Crippen molar-refractivity contribution in [3.8, 4) is 0 Å². The van der Waals surface area contributed by atoms with Gasteiger partial charge in [-0.15, -0.1) is 0 Å². The maximum Gasteiger partial charge on any atom is 0.0613 e. The lowest BCUT2D eigenvalue weighted by atomic mass is 10.2. The molecule has 1 aromatic rings. The molecule has 0 saturated heterocycles. The molecule has 0 aliphatic carbocycles. The largest absolute Gasteiger partial charge is 0.305 e. The Labute approximate surface area is 124 Å². The molecule has 0 radical (unpaired) electrons. The van der Waals surface area contributed by atoms with E-state index in [2.05, 4.69) is 28.8 Å². The quantitative estimate of drug-likeness (QED) is 0.807. The molecule has 0 bridgehead atoms. The molecule has 1 aliphatic rings. The van der Waals surface area contributed by atoms with Crippen LogP contribution in [0.15, 0.2) is 30.0 Å². The third-order valence-corrected chi connectivity index (χ3v) is 3.86. The lowest BCUT2D eigenvalue weighted by molar-refractivity contribution is 0.291. The molecule has 0 atom stereocenters. The molecular formula is C14H19Cl2N3. The first-order chi connectivity index (χ1) is 9.19. The Kier molecular flexibility index (Phi) is 5.37. The fraction of sp³-hybridized carbons (Fsp3) is 0.429. The first-order valence-electron chi connectivity index (χ1n) is 6.57. The first kappa shape index (κ1) is 14.5. The zero-order valence-corrected chi connectivity index (χ0v) is 12.6. The number of nitrogens with zero attached hydrogens (tertiary/aromatic N) is 1. The summed E-state index contributed by atoms with van der Waals surface area (Å²) in [6, 6.07) is 5.49. The average molecular weight is 300 g/mol. The van der Waals surface area contributed by atoms with E-state index in [0.29, 0.717) is 10.0 Å². The van der Waals surface area contributed by atoms with E-state index >= 15 is 0 Å². The van der Waals surface area contributed by atoms with Gasteiger partial charge in [0.15, 0.2) is 0 Å². The van der Waals surface area contributed by atoms with Gasteiger partial charge >= 0.3 is 0 Å². The second kappa shape index (κ2) is 7.04. The molecule has 2 N–H and O–H groups in total. The molecule has 5 heteroatoms. The van der Waals surface area contributed by atoms with Crippen molar-refractivity contribution in [2.24, 2.45) is 0 Å². The van der Waals surface area contributed by atoms with Gasteiger partial charge in [0, 0.05) is 25.2 Å². The SMILES string of the molecule is CCCN1CC=C(NNc2ccc(Cl)c(Cl)c2)CC1. The van der Waals surface area contributed by atoms with Crippen LogP contribution in [-0.4, -0.2) is 24.5 Å². The minimum absolute atomic E-state index is 0.556. The topological polar surface area (TPSA) is 27.3 Å². The maximum atomic E-state index is 5.97. The summed E-state index contributed by atoms with van der Waals surface area (Å²) >= 11 is 11.8. The monoisotopic (exact) mass is 299 g/mol. The zero-order chi connectivity index (χ0) is 13.7. The van der Waals surface area contributed by atoms with Gasteiger partial charge in [-0.25, -0.2) is 0 Å². The predicted molar refractivity (Wildman–Crippen MR) is 82.7 cm³/mol. The van der Waals surface area contributed by atoms with Crippen LogP contribution in [0.2, 0.25) is 10.0 Å². The lowest BCUT2D eigenvalue weighted by Gasteiger charge is -2.26. The van der Waals surface area contributed by atoms with E-state index in [-0.39, 0.29) is 0 Å². The number of hydrogen-bond donors (Lipinski definition) is 2. The zero-order valence-electron chi connectivity index (χ0n) is 11.0. The van der Waals surface area contributed by atoms with Gasteiger partial charge in [-0.05, 0) is 37.2 Å². The maximum absolute atomic E-state index is 5.97. The highest BCUT2D eigenvalue weighted by atomic mass is 35.5. The minimum atomic E-state index is 0.556. The van der Waals surface area contributed by atoms with Gasteiger partial charge in [-0.2, -0.15) is 0 Å². The van der Waals surface area contributed by atoms with Gasteiger partial charge in [-0.1, -0.05) is 30.1 Å². The fourth-order valence-electron chi connectivity index (χ4n) is 2.07. The van der Waals surface area contributed by atoms with E-state index in [4.69, 9.17) is 23.2 Å². The predicted octanol–water partition coefficient (Wildman–Crippen LogP) is 3.91. The van der Waals surface area contributed by atoms with Gasteiger partial charge in [0.25, 0.3) is 0 Å². The van der Waals surface area contributed by atoms with Gasteiger partial charge < -0.3 is 10.9 Å². The minimum Gasteiger partial charge on any atom is -0.305 e. The number of halogens is 2. The third-order valence-electron chi connectivity index (χ3n) is 3.12. The van der Waals surface area contributed by atoms with E-state index in [1.165, 1.54) is 18.7 Å². The highest BCUT2D eigenvalue weighted by Gasteiger charge is 2.10. The molecule has 0 fully saturated rings. The molecule has 0 spiro atoms. The molecule has 0 unspecified atom stereocenters. The molecule has 104 valence electrons. The van der Waals surface area contributed by atoms with E-state index < -0.39 is 0 Å². The van der Waals surface area contributed by atoms with Crippen molar-refractivity contribution in [3.05, 3.63) is 40.0 Å². The van der Waals surface area contributed by atoms with Crippen LogP contribution in [0.3, 0.4) is 0 Å². The molecule has 0 aromatic heterocycles. The summed E-state index contributed by atoms with van der Waals surface area (Å²) in [5, 5.41) is 1.12. The number of hydrogen-bond acceptors (Lipinski definition) is 3. The number of hydrazine groups is 1. The molecule has 3 nitrogen and oxygen atoms in total. The van der Waals surface area contributed by atoms with Crippen LogP contribution in [0.5, 0.6) is 0 Å². The second-order valence-corrected chi connectivity index (χ2v) is 5.47. The normalized spacial score (nSPS) is 16.1. The van der Waals surface area contributed by atoms with Crippen molar-refractivity contribution in [2.75, 3.05) is 25.1 Å². The van der Waals surface area contributed by atoms with Gasteiger partial charge in [0.05, 0.1) is 15.7 Å². The lowest BCUT2D eigenvalue weighted by Crippen LogP contribution is -2.33. The van der Waals surface area contributed by atoms with Crippen LogP contribution >= 0.6 is 23.2 Å². The van der Waals surface area contributed by atoms with Crippen molar-refractivity contribution in [1.82, 2.24) is 10.3 Å². The number of nitrogens with one attached hydrogen (secondary N) is 2. The molecule has 2 rings (SSSR count). The van der Waals surface area contributed by atoms with E-state index in [1.807, 2.05) is 12.1 Å². The van der Waals surface area contributed by atoms with Crippen molar-refractivity contribution in [1.29, 1.82) is 0 Å². The summed E-state index contributed by atoms with van der Waals surface area (Å²) in [4.78, 5) is 2.45.